The molecule has 4 nitrogen and oxygen atoms in total. The van der Waals surface area contributed by atoms with E-state index in [9.17, 15) is 14.0 Å². The number of amides is 2. The van der Waals surface area contributed by atoms with E-state index >= 15 is 0 Å². The van der Waals surface area contributed by atoms with Crippen molar-refractivity contribution in [3.05, 3.63) is 69.5 Å². The normalized spacial score (nSPS) is 12.0. The Morgan fingerprint density at radius 3 is 2.32 bits per heavy atom. The minimum atomic E-state index is -0.715. The molecule has 0 aliphatic rings. The van der Waals surface area contributed by atoms with Gasteiger partial charge in [0.05, 0.1) is 5.75 Å². The molecule has 0 aromatic heterocycles. The molecule has 2 aromatic rings. The molecule has 0 bridgehead atoms. The summed E-state index contributed by atoms with van der Waals surface area (Å²) >= 11 is 13.9. The van der Waals surface area contributed by atoms with Crippen molar-refractivity contribution in [3.8, 4) is 0 Å². The van der Waals surface area contributed by atoms with Crippen LogP contribution in [0, 0.1) is 11.7 Å². The summed E-state index contributed by atoms with van der Waals surface area (Å²) in [5.41, 5.74) is 1.12. The summed E-state index contributed by atoms with van der Waals surface area (Å²) < 4.78 is 13.8. The first-order valence-electron chi connectivity index (χ1n) is 10.0. The van der Waals surface area contributed by atoms with Gasteiger partial charge in [0.25, 0.3) is 0 Å². The van der Waals surface area contributed by atoms with E-state index in [1.165, 1.54) is 22.7 Å². The van der Waals surface area contributed by atoms with Gasteiger partial charge < -0.3 is 10.2 Å². The second kappa shape index (κ2) is 12.3. The Morgan fingerprint density at radius 2 is 1.71 bits per heavy atom. The molecule has 0 aliphatic carbocycles. The molecule has 1 N–H and O–H groups in total. The molecule has 2 aromatic carbocycles. The molecular weight excluding hydrogens is 458 g/mol. The maximum Gasteiger partial charge on any atom is 0.242 e. The summed E-state index contributed by atoms with van der Waals surface area (Å²) in [6, 6.07) is 10.9. The van der Waals surface area contributed by atoms with Crippen LogP contribution >= 0.6 is 35.0 Å². The number of carbonyl (C=O) groups excluding carboxylic acids is 2. The molecule has 0 aliphatic heterocycles. The predicted molar refractivity (Wildman–Crippen MR) is 127 cm³/mol. The minimum absolute atomic E-state index is 0.0954. The van der Waals surface area contributed by atoms with Gasteiger partial charge in [-0.05, 0) is 36.6 Å². The fraction of sp³-hybridized carbons (Fsp3) is 0.391. The van der Waals surface area contributed by atoms with Crippen LogP contribution in [0.25, 0.3) is 0 Å². The zero-order valence-corrected chi connectivity index (χ0v) is 20.2. The van der Waals surface area contributed by atoms with E-state index < -0.39 is 6.04 Å². The van der Waals surface area contributed by atoms with Gasteiger partial charge in [0.2, 0.25) is 11.8 Å². The number of carbonyl (C=O) groups is 2. The molecule has 1 atom stereocenters. The lowest BCUT2D eigenvalue weighted by molar-refractivity contribution is -0.138. The Hall–Kier alpha value is -1.76. The topological polar surface area (TPSA) is 49.4 Å². The highest BCUT2D eigenvalue weighted by molar-refractivity contribution is 7.99. The first kappa shape index (κ1) is 25.5. The summed E-state index contributed by atoms with van der Waals surface area (Å²) in [6.07, 6.45) is 0. The van der Waals surface area contributed by atoms with Gasteiger partial charge >= 0.3 is 0 Å². The number of thioether (sulfide) groups is 1. The first-order chi connectivity index (χ1) is 14.7. The highest BCUT2D eigenvalue weighted by Gasteiger charge is 2.27. The number of hydrogen-bond donors (Lipinski definition) is 1. The highest BCUT2D eigenvalue weighted by Crippen LogP contribution is 2.27. The van der Waals surface area contributed by atoms with Gasteiger partial charge in [0.1, 0.15) is 11.9 Å². The standard InChI is InChI=1S/C23H27Cl2FN2O2S/c1-15(2)11-27-23(30)16(3)28(12-18-19(24)8-6-9-20(18)25)22(29)14-31-13-17-7-4-5-10-21(17)26/h4-10,15-16H,11-14H2,1-3H3,(H,27,30)/t16-/m0/s1. The van der Waals surface area contributed by atoms with Crippen molar-refractivity contribution < 1.29 is 14.0 Å². The molecule has 2 rings (SSSR count). The van der Waals surface area contributed by atoms with Gasteiger partial charge in [-0.3, -0.25) is 9.59 Å². The zero-order valence-electron chi connectivity index (χ0n) is 17.8. The van der Waals surface area contributed by atoms with Crippen LogP contribution in [-0.4, -0.2) is 35.1 Å². The quantitative estimate of drug-likeness (QED) is 0.480. The Labute approximate surface area is 197 Å². The van der Waals surface area contributed by atoms with Crippen LogP contribution in [0.15, 0.2) is 42.5 Å². The Kier molecular flexibility index (Phi) is 10.1. The van der Waals surface area contributed by atoms with Crippen LogP contribution in [0.1, 0.15) is 31.9 Å². The van der Waals surface area contributed by atoms with E-state index in [0.29, 0.717) is 33.5 Å². The van der Waals surface area contributed by atoms with Gasteiger partial charge in [0.15, 0.2) is 0 Å². The van der Waals surface area contributed by atoms with Crippen molar-refractivity contribution in [1.29, 1.82) is 0 Å². The molecule has 0 radical (unpaired) electrons. The molecule has 0 spiro atoms. The Bertz CT molecular complexity index is 891. The molecule has 0 fully saturated rings. The largest absolute Gasteiger partial charge is 0.354 e. The SMILES string of the molecule is CC(C)CNC(=O)[C@H](C)N(Cc1c(Cl)cccc1Cl)C(=O)CSCc1ccccc1F. The molecule has 0 saturated carbocycles. The van der Waals surface area contributed by atoms with Crippen LogP contribution in [0.2, 0.25) is 10.0 Å². The van der Waals surface area contributed by atoms with Gasteiger partial charge in [-0.1, -0.05) is 61.3 Å². The van der Waals surface area contributed by atoms with Crippen LogP contribution < -0.4 is 5.32 Å². The highest BCUT2D eigenvalue weighted by atomic mass is 35.5. The lowest BCUT2D eigenvalue weighted by Crippen LogP contribution is -2.48. The lowest BCUT2D eigenvalue weighted by atomic mass is 10.1. The third-order valence-corrected chi connectivity index (χ3v) is 6.36. The Morgan fingerprint density at radius 1 is 1.06 bits per heavy atom. The van der Waals surface area contributed by atoms with Crippen LogP contribution in [-0.2, 0) is 21.9 Å². The van der Waals surface area contributed by atoms with Crippen molar-refractivity contribution in [2.24, 2.45) is 5.92 Å². The zero-order chi connectivity index (χ0) is 23.0. The predicted octanol–water partition coefficient (Wildman–Crippen LogP) is 5.56. The summed E-state index contributed by atoms with van der Waals surface area (Å²) in [7, 11) is 0. The third kappa shape index (κ3) is 7.70. The number of benzene rings is 2. The molecule has 0 heterocycles. The van der Waals surface area contributed by atoms with E-state index in [-0.39, 0.29) is 35.8 Å². The molecule has 0 saturated heterocycles. The van der Waals surface area contributed by atoms with E-state index in [1.807, 2.05) is 13.8 Å². The minimum Gasteiger partial charge on any atom is -0.354 e. The maximum atomic E-state index is 13.8. The van der Waals surface area contributed by atoms with Crippen molar-refractivity contribution in [3.63, 3.8) is 0 Å². The average Bonchev–Trinajstić information content (AvgIpc) is 2.72. The molecule has 8 heteroatoms. The smallest absolute Gasteiger partial charge is 0.242 e. The second-order valence-electron chi connectivity index (χ2n) is 7.62. The molecule has 2 amide bonds. The monoisotopic (exact) mass is 484 g/mol. The number of rotatable bonds is 10. The van der Waals surface area contributed by atoms with Crippen LogP contribution in [0.5, 0.6) is 0 Å². The number of nitrogens with one attached hydrogen (secondary N) is 1. The Balaban J connectivity index is 2.14. The molecule has 0 unspecified atom stereocenters. The number of hydrogen-bond acceptors (Lipinski definition) is 3. The van der Waals surface area contributed by atoms with Gasteiger partial charge in [-0.25, -0.2) is 4.39 Å². The van der Waals surface area contributed by atoms with Crippen LogP contribution in [0.3, 0.4) is 0 Å². The van der Waals surface area contributed by atoms with Crippen molar-refractivity contribution in [2.75, 3.05) is 12.3 Å². The number of halogens is 3. The summed E-state index contributed by atoms with van der Waals surface area (Å²) in [4.78, 5) is 27.2. The van der Waals surface area contributed by atoms with Crippen molar-refractivity contribution in [1.82, 2.24) is 10.2 Å². The van der Waals surface area contributed by atoms with E-state index in [0.717, 1.165) is 0 Å². The van der Waals surface area contributed by atoms with Crippen LogP contribution in [0.4, 0.5) is 4.39 Å². The molecule has 31 heavy (non-hydrogen) atoms. The molecule has 168 valence electrons. The summed E-state index contributed by atoms with van der Waals surface area (Å²) in [5.74, 6) is -0.0577. The summed E-state index contributed by atoms with van der Waals surface area (Å²) in [6.45, 7) is 6.29. The van der Waals surface area contributed by atoms with Gasteiger partial charge in [-0.15, -0.1) is 11.8 Å². The third-order valence-electron chi connectivity index (χ3n) is 4.68. The maximum absolute atomic E-state index is 13.8. The number of nitrogens with zero attached hydrogens (tertiary/aromatic N) is 1. The second-order valence-corrected chi connectivity index (χ2v) is 9.42. The lowest BCUT2D eigenvalue weighted by Gasteiger charge is -2.29. The molecular formula is C23H27Cl2FN2O2S. The van der Waals surface area contributed by atoms with E-state index in [4.69, 9.17) is 23.2 Å². The first-order valence-corrected chi connectivity index (χ1v) is 11.9. The summed E-state index contributed by atoms with van der Waals surface area (Å²) in [5, 5.41) is 3.73. The van der Waals surface area contributed by atoms with Gasteiger partial charge in [-0.2, -0.15) is 0 Å². The van der Waals surface area contributed by atoms with Gasteiger partial charge in [0, 0.05) is 34.5 Å². The van der Waals surface area contributed by atoms with Crippen molar-refractivity contribution in [2.45, 2.75) is 39.1 Å². The van der Waals surface area contributed by atoms with E-state index in [2.05, 4.69) is 5.32 Å². The van der Waals surface area contributed by atoms with Crippen molar-refractivity contribution >= 4 is 46.8 Å². The van der Waals surface area contributed by atoms with E-state index in [1.54, 1.807) is 43.3 Å². The fourth-order valence-electron chi connectivity index (χ4n) is 2.84. The average molecular weight is 485 g/mol. The fourth-order valence-corrected chi connectivity index (χ4v) is 4.25.